The number of thioether (sulfide) groups is 1. The Hall–Kier alpha value is 0.310. The number of hydrogen-bond acceptors (Lipinski definition) is 2. The Morgan fingerprint density at radius 1 is 1.62 bits per heavy atom. The molecule has 0 aromatic carbocycles. The van der Waals surface area contributed by atoms with Crippen LogP contribution in [0.1, 0.15) is 13.8 Å². The number of hydrogen-bond donors (Lipinski definition) is 1. The van der Waals surface area contributed by atoms with Crippen molar-refractivity contribution >= 4 is 11.8 Å². The maximum Gasteiger partial charge on any atom is 0.103 e. The van der Waals surface area contributed by atoms with Crippen LogP contribution in [0.3, 0.4) is 0 Å². The van der Waals surface area contributed by atoms with E-state index in [-0.39, 0.29) is 5.44 Å². The molecule has 8 heavy (non-hydrogen) atoms. The zero-order valence-corrected chi connectivity index (χ0v) is 6.11. The molecule has 1 fully saturated rings. The predicted molar refractivity (Wildman–Crippen MR) is 36.8 cm³/mol. The largest absolute Gasteiger partial charge is 0.382 e. The summed E-state index contributed by atoms with van der Waals surface area (Å²) < 4.78 is 0. The van der Waals surface area contributed by atoms with E-state index >= 15 is 0 Å². The highest BCUT2D eigenvalue weighted by atomic mass is 32.2. The Morgan fingerprint density at radius 2 is 2.25 bits per heavy atom. The molecule has 1 saturated heterocycles. The van der Waals surface area contributed by atoms with Gasteiger partial charge in [0.1, 0.15) is 5.44 Å². The van der Waals surface area contributed by atoms with Crippen molar-refractivity contribution in [1.29, 1.82) is 0 Å². The van der Waals surface area contributed by atoms with Gasteiger partial charge in [-0.1, -0.05) is 13.8 Å². The lowest BCUT2D eigenvalue weighted by molar-refractivity contribution is 0.154. The van der Waals surface area contributed by atoms with Gasteiger partial charge in [-0.15, -0.1) is 11.8 Å². The van der Waals surface area contributed by atoms with E-state index < -0.39 is 0 Å². The standard InChI is InChI=1S/C6H12OS/c1-4(2)5-3-8-6(5)7/h4-7H,3H2,1-2H3. The highest BCUT2D eigenvalue weighted by molar-refractivity contribution is 8.01. The molecule has 0 amide bonds. The molecule has 0 spiro atoms. The van der Waals surface area contributed by atoms with Gasteiger partial charge >= 0.3 is 0 Å². The fourth-order valence-electron chi connectivity index (χ4n) is 0.815. The second kappa shape index (κ2) is 2.28. The first-order valence-electron chi connectivity index (χ1n) is 3.01. The molecule has 0 saturated carbocycles. The summed E-state index contributed by atoms with van der Waals surface area (Å²) in [6.07, 6.45) is 0. The van der Waals surface area contributed by atoms with Crippen molar-refractivity contribution in [3.8, 4) is 0 Å². The Balaban J connectivity index is 2.26. The Morgan fingerprint density at radius 3 is 2.25 bits per heavy atom. The highest BCUT2D eigenvalue weighted by Gasteiger charge is 2.31. The first-order chi connectivity index (χ1) is 3.72. The van der Waals surface area contributed by atoms with Gasteiger partial charge in [0.15, 0.2) is 0 Å². The molecule has 0 aliphatic carbocycles. The number of rotatable bonds is 1. The summed E-state index contributed by atoms with van der Waals surface area (Å²) in [6.45, 7) is 4.32. The molecule has 0 radical (unpaired) electrons. The molecule has 1 rings (SSSR count). The SMILES string of the molecule is CC(C)C1CSC1O. The summed E-state index contributed by atoms with van der Waals surface area (Å²) >= 11 is 1.65. The van der Waals surface area contributed by atoms with Crippen LogP contribution in [0.4, 0.5) is 0 Å². The van der Waals surface area contributed by atoms with Gasteiger partial charge in [0, 0.05) is 11.7 Å². The summed E-state index contributed by atoms with van der Waals surface area (Å²) in [5.74, 6) is 2.38. The molecule has 2 atom stereocenters. The molecule has 1 heterocycles. The maximum absolute atomic E-state index is 9.04. The highest BCUT2D eigenvalue weighted by Crippen LogP contribution is 2.36. The number of aliphatic hydroxyl groups excluding tert-OH is 1. The quantitative estimate of drug-likeness (QED) is 0.580. The summed E-state index contributed by atoms with van der Waals surface area (Å²) in [5, 5.41) is 9.04. The minimum atomic E-state index is -0.0602. The van der Waals surface area contributed by atoms with Crippen molar-refractivity contribution < 1.29 is 5.11 Å². The van der Waals surface area contributed by atoms with Crippen LogP contribution in [0.2, 0.25) is 0 Å². The zero-order chi connectivity index (χ0) is 6.15. The zero-order valence-electron chi connectivity index (χ0n) is 5.29. The molecule has 0 aromatic heterocycles. The molecule has 1 nitrogen and oxygen atoms in total. The minimum absolute atomic E-state index is 0.0602. The van der Waals surface area contributed by atoms with Crippen LogP contribution in [-0.4, -0.2) is 16.3 Å². The third kappa shape index (κ3) is 1.00. The maximum atomic E-state index is 9.04. The van der Waals surface area contributed by atoms with Crippen molar-refractivity contribution in [3.05, 3.63) is 0 Å². The van der Waals surface area contributed by atoms with Crippen LogP contribution in [0.5, 0.6) is 0 Å². The predicted octanol–water partition coefficient (Wildman–Crippen LogP) is 1.32. The van der Waals surface area contributed by atoms with E-state index in [1.54, 1.807) is 11.8 Å². The topological polar surface area (TPSA) is 20.2 Å². The van der Waals surface area contributed by atoms with Crippen LogP contribution >= 0.6 is 11.8 Å². The summed E-state index contributed by atoms with van der Waals surface area (Å²) in [6, 6.07) is 0. The van der Waals surface area contributed by atoms with Crippen molar-refractivity contribution in [3.63, 3.8) is 0 Å². The van der Waals surface area contributed by atoms with Crippen LogP contribution in [0, 0.1) is 11.8 Å². The Labute approximate surface area is 54.5 Å². The average Bonchev–Trinajstić information content (AvgIpc) is 1.61. The van der Waals surface area contributed by atoms with Gasteiger partial charge in [0.05, 0.1) is 0 Å². The summed E-state index contributed by atoms with van der Waals surface area (Å²) in [4.78, 5) is 0. The Kier molecular flexibility index (Phi) is 1.83. The van der Waals surface area contributed by atoms with Crippen LogP contribution in [0.15, 0.2) is 0 Å². The van der Waals surface area contributed by atoms with E-state index in [2.05, 4.69) is 13.8 Å². The third-order valence-electron chi connectivity index (χ3n) is 1.68. The molecular formula is C6H12OS. The van der Waals surface area contributed by atoms with E-state index in [0.717, 1.165) is 5.75 Å². The molecule has 1 aliphatic heterocycles. The van der Waals surface area contributed by atoms with Gasteiger partial charge < -0.3 is 5.11 Å². The molecule has 2 unspecified atom stereocenters. The third-order valence-corrected chi connectivity index (χ3v) is 2.95. The number of aliphatic hydroxyl groups is 1. The van der Waals surface area contributed by atoms with E-state index in [1.165, 1.54) is 0 Å². The fraction of sp³-hybridized carbons (Fsp3) is 1.00. The van der Waals surface area contributed by atoms with Gasteiger partial charge in [-0.25, -0.2) is 0 Å². The lowest BCUT2D eigenvalue weighted by atomic mass is 9.98. The van der Waals surface area contributed by atoms with Crippen molar-refractivity contribution in [2.24, 2.45) is 11.8 Å². The molecule has 1 aliphatic rings. The summed E-state index contributed by atoms with van der Waals surface area (Å²) in [5.41, 5.74) is -0.0602. The Bertz CT molecular complexity index is 77.8. The van der Waals surface area contributed by atoms with Crippen LogP contribution < -0.4 is 0 Å². The lowest BCUT2D eigenvalue weighted by Crippen LogP contribution is -2.34. The van der Waals surface area contributed by atoms with E-state index in [9.17, 15) is 0 Å². The molecule has 0 aromatic rings. The first-order valence-corrected chi connectivity index (χ1v) is 4.06. The molecule has 1 N–H and O–H groups in total. The lowest BCUT2D eigenvalue weighted by Gasteiger charge is -2.34. The first kappa shape index (κ1) is 6.43. The van der Waals surface area contributed by atoms with Gasteiger partial charge in [-0.2, -0.15) is 0 Å². The van der Waals surface area contributed by atoms with E-state index in [1.807, 2.05) is 0 Å². The van der Waals surface area contributed by atoms with Gasteiger partial charge in [0.2, 0.25) is 0 Å². The molecule has 48 valence electrons. The van der Waals surface area contributed by atoms with Crippen molar-refractivity contribution in [2.45, 2.75) is 19.3 Å². The molecule has 2 heteroatoms. The summed E-state index contributed by atoms with van der Waals surface area (Å²) in [7, 11) is 0. The van der Waals surface area contributed by atoms with Crippen molar-refractivity contribution in [2.75, 3.05) is 5.75 Å². The fourth-order valence-corrected chi connectivity index (χ4v) is 2.10. The van der Waals surface area contributed by atoms with Crippen molar-refractivity contribution in [1.82, 2.24) is 0 Å². The van der Waals surface area contributed by atoms with Gasteiger partial charge in [-0.3, -0.25) is 0 Å². The minimum Gasteiger partial charge on any atom is -0.382 e. The smallest absolute Gasteiger partial charge is 0.103 e. The average molecular weight is 132 g/mol. The molecule has 0 bridgehead atoms. The monoisotopic (exact) mass is 132 g/mol. The van der Waals surface area contributed by atoms with Gasteiger partial charge in [0.25, 0.3) is 0 Å². The van der Waals surface area contributed by atoms with E-state index in [4.69, 9.17) is 5.11 Å². The molecular weight excluding hydrogens is 120 g/mol. The normalized spacial score (nSPS) is 37.5. The van der Waals surface area contributed by atoms with Gasteiger partial charge in [-0.05, 0) is 5.92 Å². The van der Waals surface area contributed by atoms with E-state index in [0.29, 0.717) is 11.8 Å². The second-order valence-electron chi connectivity index (χ2n) is 2.63. The van der Waals surface area contributed by atoms with Crippen LogP contribution in [0.25, 0.3) is 0 Å². The van der Waals surface area contributed by atoms with Crippen LogP contribution in [-0.2, 0) is 0 Å². The second-order valence-corrected chi connectivity index (χ2v) is 3.78.